The van der Waals surface area contributed by atoms with Gasteiger partial charge in [0.25, 0.3) is 5.91 Å². The maximum Gasteiger partial charge on any atom is 0.256 e. The smallest absolute Gasteiger partial charge is 0.256 e. The van der Waals surface area contributed by atoms with E-state index in [0.29, 0.717) is 11.3 Å². The molecule has 0 fully saturated rings. The van der Waals surface area contributed by atoms with Gasteiger partial charge in [0.1, 0.15) is 0 Å². The number of nitrogens with one attached hydrogen (secondary N) is 1. The normalized spacial score (nSPS) is 10.1. The maximum atomic E-state index is 12.1. The number of anilines is 2. The summed E-state index contributed by atoms with van der Waals surface area (Å²) in [7, 11) is 0. The van der Waals surface area contributed by atoms with Gasteiger partial charge in [-0.2, -0.15) is 0 Å². The third-order valence-corrected chi connectivity index (χ3v) is 3.44. The largest absolute Gasteiger partial charge is 0.398 e. The zero-order chi connectivity index (χ0) is 13.1. The van der Waals surface area contributed by atoms with Crippen LogP contribution in [-0.4, -0.2) is 5.91 Å². The lowest BCUT2D eigenvalue weighted by atomic mass is 10.1. The van der Waals surface area contributed by atoms with E-state index in [1.54, 1.807) is 18.2 Å². The molecule has 3 N–H and O–H groups in total. The Morgan fingerprint density at radius 1 is 1.17 bits per heavy atom. The molecule has 0 radical (unpaired) electrons. The SMILES string of the molecule is Cc1c(N)cccc1C(=O)Nc1ccc(I)cc1. The lowest BCUT2D eigenvalue weighted by molar-refractivity contribution is 0.102. The fourth-order valence-electron chi connectivity index (χ4n) is 1.63. The van der Waals surface area contributed by atoms with Gasteiger partial charge in [0, 0.05) is 20.5 Å². The highest BCUT2D eigenvalue weighted by molar-refractivity contribution is 14.1. The average Bonchev–Trinajstić information content (AvgIpc) is 2.35. The van der Waals surface area contributed by atoms with Crippen LogP contribution < -0.4 is 11.1 Å². The van der Waals surface area contributed by atoms with Crippen molar-refractivity contribution in [3.8, 4) is 0 Å². The first-order valence-electron chi connectivity index (χ1n) is 5.50. The molecule has 0 aromatic heterocycles. The van der Waals surface area contributed by atoms with Crippen molar-refractivity contribution in [1.29, 1.82) is 0 Å². The molecule has 0 aliphatic heterocycles. The number of hydrogen-bond donors (Lipinski definition) is 2. The molecule has 0 unspecified atom stereocenters. The van der Waals surface area contributed by atoms with Gasteiger partial charge in [-0.05, 0) is 71.5 Å². The molecule has 0 saturated heterocycles. The topological polar surface area (TPSA) is 55.1 Å². The molecular formula is C14H13IN2O. The molecule has 18 heavy (non-hydrogen) atoms. The van der Waals surface area contributed by atoms with E-state index in [1.165, 1.54) is 0 Å². The van der Waals surface area contributed by atoms with E-state index >= 15 is 0 Å². The predicted molar refractivity (Wildman–Crippen MR) is 82.7 cm³/mol. The van der Waals surface area contributed by atoms with Crippen LogP contribution in [0, 0.1) is 10.5 Å². The summed E-state index contributed by atoms with van der Waals surface area (Å²) in [5, 5.41) is 2.86. The van der Waals surface area contributed by atoms with Crippen molar-refractivity contribution in [2.24, 2.45) is 0 Å². The van der Waals surface area contributed by atoms with E-state index in [4.69, 9.17) is 5.73 Å². The molecule has 2 aromatic carbocycles. The van der Waals surface area contributed by atoms with E-state index in [9.17, 15) is 4.79 Å². The summed E-state index contributed by atoms with van der Waals surface area (Å²) >= 11 is 2.22. The van der Waals surface area contributed by atoms with Gasteiger partial charge in [-0.3, -0.25) is 4.79 Å². The summed E-state index contributed by atoms with van der Waals surface area (Å²) in [4.78, 5) is 12.1. The summed E-state index contributed by atoms with van der Waals surface area (Å²) < 4.78 is 1.13. The molecule has 4 heteroatoms. The molecule has 1 amide bonds. The minimum atomic E-state index is -0.138. The van der Waals surface area contributed by atoms with E-state index < -0.39 is 0 Å². The third-order valence-electron chi connectivity index (χ3n) is 2.72. The third kappa shape index (κ3) is 2.81. The average molecular weight is 352 g/mol. The van der Waals surface area contributed by atoms with Crippen LogP contribution in [0.3, 0.4) is 0 Å². The number of halogens is 1. The minimum Gasteiger partial charge on any atom is -0.398 e. The van der Waals surface area contributed by atoms with Crippen molar-refractivity contribution in [3.63, 3.8) is 0 Å². The van der Waals surface area contributed by atoms with Gasteiger partial charge in [0.2, 0.25) is 0 Å². The van der Waals surface area contributed by atoms with E-state index in [0.717, 1.165) is 14.8 Å². The highest BCUT2D eigenvalue weighted by atomic mass is 127. The Morgan fingerprint density at radius 3 is 2.50 bits per heavy atom. The first kappa shape index (κ1) is 12.9. The maximum absolute atomic E-state index is 12.1. The second-order valence-electron chi connectivity index (χ2n) is 3.98. The summed E-state index contributed by atoms with van der Waals surface area (Å²) in [6.45, 7) is 1.85. The number of carbonyl (C=O) groups is 1. The minimum absolute atomic E-state index is 0.138. The second kappa shape index (κ2) is 5.39. The molecule has 92 valence electrons. The van der Waals surface area contributed by atoms with Crippen LogP contribution in [0.5, 0.6) is 0 Å². The van der Waals surface area contributed by atoms with Gasteiger partial charge in [-0.25, -0.2) is 0 Å². The predicted octanol–water partition coefficient (Wildman–Crippen LogP) is 3.43. The molecule has 0 spiro atoms. The number of hydrogen-bond acceptors (Lipinski definition) is 2. The molecule has 0 aliphatic rings. The van der Waals surface area contributed by atoms with Crippen LogP contribution in [0.2, 0.25) is 0 Å². The van der Waals surface area contributed by atoms with Crippen LogP contribution in [0.25, 0.3) is 0 Å². The number of nitrogen functional groups attached to an aromatic ring is 1. The zero-order valence-corrected chi connectivity index (χ0v) is 12.1. The van der Waals surface area contributed by atoms with Crippen LogP contribution in [0.4, 0.5) is 11.4 Å². The van der Waals surface area contributed by atoms with Crippen LogP contribution in [0.1, 0.15) is 15.9 Å². The van der Waals surface area contributed by atoms with Crippen molar-refractivity contribution < 1.29 is 4.79 Å². The Kier molecular flexibility index (Phi) is 3.86. The molecule has 2 rings (SSSR count). The van der Waals surface area contributed by atoms with E-state index in [2.05, 4.69) is 27.9 Å². The fourth-order valence-corrected chi connectivity index (χ4v) is 1.99. The molecular weight excluding hydrogens is 339 g/mol. The van der Waals surface area contributed by atoms with Gasteiger partial charge >= 0.3 is 0 Å². The monoisotopic (exact) mass is 352 g/mol. The van der Waals surface area contributed by atoms with Gasteiger partial charge in [-0.1, -0.05) is 6.07 Å². The molecule has 2 aromatic rings. The Hall–Kier alpha value is -1.56. The first-order valence-corrected chi connectivity index (χ1v) is 6.58. The number of rotatable bonds is 2. The van der Waals surface area contributed by atoms with Crippen LogP contribution in [-0.2, 0) is 0 Å². The number of benzene rings is 2. The van der Waals surface area contributed by atoms with E-state index in [1.807, 2.05) is 31.2 Å². The molecule has 0 bridgehead atoms. The molecule has 0 saturated carbocycles. The Bertz CT molecular complexity index is 579. The van der Waals surface area contributed by atoms with Crippen molar-refractivity contribution in [2.45, 2.75) is 6.92 Å². The summed E-state index contributed by atoms with van der Waals surface area (Å²) in [6, 6.07) is 13.0. The van der Waals surface area contributed by atoms with Crippen LogP contribution in [0.15, 0.2) is 42.5 Å². The Labute approximate surface area is 120 Å². The van der Waals surface area contributed by atoms with Crippen molar-refractivity contribution in [3.05, 3.63) is 57.2 Å². The zero-order valence-electron chi connectivity index (χ0n) is 9.91. The van der Waals surface area contributed by atoms with Gasteiger partial charge in [0.05, 0.1) is 0 Å². The Morgan fingerprint density at radius 2 is 1.83 bits per heavy atom. The number of nitrogens with two attached hydrogens (primary N) is 1. The quantitative estimate of drug-likeness (QED) is 0.643. The molecule has 3 nitrogen and oxygen atoms in total. The second-order valence-corrected chi connectivity index (χ2v) is 5.23. The standard InChI is InChI=1S/C14H13IN2O/c1-9-12(3-2-4-13(9)16)14(18)17-11-7-5-10(15)6-8-11/h2-8H,16H2,1H3,(H,17,18). The van der Waals surface area contributed by atoms with Gasteiger partial charge in [0.15, 0.2) is 0 Å². The lowest BCUT2D eigenvalue weighted by Crippen LogP contribution is -2.14. The van der Waals surface area contributed by atoms with Gasteiger partial charge < -0.3 is 11.1 Å². The summed E-state index contributed by atoms with van der Waals surface area (Å²) in [5.41, 5.74) is 8.61. The fraction of sp³-hybridized carbons (Fsp3) is 0.0714. The van der Waals surface area contributed by atoms with Crippen molar-refractivity contribution in [2.75, 3.05) is 11.1 Å². The molecule has 0 heterocycles. The number of carbonyl (C=O) groups excluding carboxylic acids is 1. The highest BCUT2D eigenvalue weighted by Gasteiger charge is 2.10. The van der Waals surface area contributed by atoms with Crippen LogP contribution >= 0.6 is 22.6 Å². The summed E-state index contributed by atoms with van der Waals surface area (Å²) in [5.74, 6) is -0.138. The van der Waals surface area contributed by atoms with Crippen molar-refractivity contribution in [1.82, 2.24) is 0 Å². The summed E-state index contributed by atoms with van der Waals surface area (Å²) in [6.07, 6.45) is 0. The molecule has 0 atom stereocenters. The molecule has 0 aliphatic carbocycles. The first-order chi connectivity index (χ1) is 8.58. The van der Waals surface area contributed by atoms with E-state index in [-0.39, 0.29) is 5.91 Å². The number of amides is 1. The lowest BCUT2D eigenvalue weighted by Gasteiger charge is -2.09. The van der Waals surface area contributed by atoms with Crippen molar-refractivity contribution >= 4 is 39.9 Å². The van der Waals surface area contributed by atoms with Gasteiger partial charge in [-0.15, -0.1) is 0 Å². The highest BCUT2D eigenvalue weighted by Crippen LogP contribution is 2.18. The Balaban J connectivity index is 2.22.